The van der Waals surface area contributed by atoms with Crippen molar-refractivity contribution in [3.05, 3.63) is 23.0 Å². The average molecular weight is 217 g/mol. The van der Waals surface area contributed by atoms with Gasteiger partial charge in [-0.15, -0.1) is 0 Å². The van der Waals surface area contributed by atoms with Crippen LogP contribution in [0.1, 0.15) is 28.2 Å². The zero-order chi connectivity index (χ0) is 11.6. The molecule has 1 rings (SSSR count). The zero-order valence-electron chi connectivity index (χ0n) is 8.12. The van der Waals surface area contributed by atoms with Crippen LogP contribution < -0.4 is 4.74 Å². The van der Waals surface area contributed by atoms with Crippen LogP contribution in [0.15, 0.2) is 6.07 Å². The molecule has 0 saturated heterocycles. The lowest BCUT2D eigenvalue weighted by molar-refractivity contribution is 0.0688. The normalized spacial score (nSPS) is 10.5. The Hall–Kier alpha value is -1.72. The number of aromatic carboxylic acids is 1. The molecule has 15 heavy (non-hydrogen) atoms. The van der Waals surface area contributed by atoms with Crippen LogP contribution >= 0.6 is 0 Å². The molecule has 82 valence electrons. The Morgan fingerprint density at radius 3 is 2.60 bits per heavy atom. The first-order chi connectivity index (χ1) is 6.97. The van der Waals surface area contributed by atoms with E-state index in [9.17, 15) is 13.6 Å². The molecular weight excluding hydrogens is 208 g/mol. The minimum Gasteiger partial charge on any atom is -0.494 e. The molecular formula is C9H9F2NO3. The van der Waals surface area contributed by atoms with Crippen LogP contribution in [0.4, 0.5) is 8.78 Å². The molecule has 1 aromatic rings. The molecule has 0 atom stereocenters. The van der Waals surface area contributed by atoms with E-state index in [-0.39, 0.29) is 5.75 Å². The summed E-state index contributed by atoms with van der Waals surface area (Å²) >= 11 is 0. The number of hydrogen-bond donors (Lipinski definition) is 1. The molecule has 1 aromatic heterocycles. The Balaban J connectivity index is 3.38. The molecule has 4 nitrogen and oxygen atoms in total. The zero-order valence-corrected chi connectivity index (χ0v) is 8.12. The van der Waals surface area contributed by atoms with E-state index >= 15 is 0 Å². The van der Waals surface area contributed by atoms with E-state index in [1.165, 1.54) is 20.1 Å². The maximum Gasteiger partial charge on any atom is 0.354 e. The predicted molar refractivity (Wildman–Crippen MR) is 47.4 cm³/mol. The minimum atomic E-state index is -2.86. The van der Waals surface area contributed by atoms with E-state index in [0.29, 0.717) is 5.56 Å². The number of carboxylic acid groups (broad SMARTS) is 1. The van der Waals surface area contributed by atoms with Crippen molar-refractivity contribution < 1.29 is 23.4 Å². The highest BCUT2D eigenvalue weighted by atomic mass is 19.3. The summed E-state index contributed by atoms with van der Waals surface area (Å²) in [5.41, 5.74) is -0.737. The van der Waals surface area contributed by atoms with E-state index in [2.05, 4.69) is 4.98 Å². The fraction of sp³-hybridized carbons (Fsp3) is 0.333. The van der Waals surface area contributed by atoms with Crippen molar-refractivity contribution in [2.75, 3.05) is 7.11 Å². The topological polar surface area (TPSA) is 59.4 Å². The number of carbonyl (C=O) groups is 1. The van der Waals surface area contributed by atoms with E-state index in [1.807, 2.05) is 0 Å². The minimum absolute atomic E-state index is 0.0741. The molecule has 0 unspecified atom stereocenters. The van der Waals surface area contributed by atoms with Crippen molar-refractivity contribution >= 4 is 5.97 Å². The van der Waals surface area contributed by atoms with Crippen molar-refractivity contribution in [2.45, 2.75) is 13.3 Å². The van der Waals surface area contributed by atoms with Crippen LogP contribution in [-0.4, -0.2) is 23.2 Å². The molecule has 0 fully saturated rings. The highest BCUT2D eigenvalue weighted by molar-refractivity contribution is 5.85. The standard InChI is InChI=1S/C9H9F2NO3/c1-4-3-5(9(13)14)12-6(8(10)11)7(4)15-2/h3,8H,1-2H3,(H,13,14). The van der Waals surface area contributed by atoms with E-state index in [1.54, 1.807) is 0 Å². The summed E-state index contributed by atoms with van der Waals surface area (Å²) < 4.78 is 29.7. The number of carboxylic acids is 1. The van der Waals surface area contributed by atoms with E-state index < -0.39 is 23.8 Å². The maximum absolute atomic E-state index is 12.5. The fourth-order valence-corrected chi connectivity index (χ4v) is 1.21. The summed E-state index contributed by atoms with van der Waals surface area (Å²) in [6.45, 7) is 1.48. The Morgan fingerprint density at radius 2 is 2.20 bits per heavy atom. The summed E-state index contributed by atoms with van der Waals surface area (Å²) in [7, 11) is 1.23. The van der Waals surface area contributed by atoms with Gasteiger partial charge in [0.05, 0.1) is 7.11 Å². The number of ether oxygens (including phenoxy) is 1. The second kappa shape index (κ2) is 4.20. The van der Waals surface area contributed by atoms with Gasteiger partial charge >= 0.3 is 5.97 Å². The Bertz CT molecular complexity index is 393. The Labute approximate surface area is 84.5 Å². The molecule has 0 aromatic carbocycles. The van der Waals surface area contributed by atoms with Gasteiger partial charge in [-0.3, -0.25) is 0 Å². The summed E-state index contributed by atoms with van der Waals surface area (Å²) in [6.07, 6.45) is -2.86. The molecule has 1 N–H and O–H groups in total. The van der Waals surface area contributed by atoms with E-state index in [0.717, 1.165) is 0 Å². The average Bonchev–Trinajstić information content (AvgIpc) is 2.16. The van der Waals surface area contributed by atoms with Crippen LogP contribution in [0.3, 0.4) is 0 Å². The third kappa shape index (κ3) is 2.20. The third-order valence-corrected chi connectivity index (χ3v) is 1.81. The van der Waals surface area contributed by atoms with Gasteiger partial charge in [0.1, 0.15) is 17.1 Å². The van der Waals surface area contributed by atoms with Gasteiger partial charge in [0.25, 0.3) is 6.43 Å². The Kier molecular flexibility index (Phi) is 3.18. The van der Waals surface area contributed by atoms with Crippen LogP contribution in [-0.2, 0) is 0 Å². The number of halogens is 2. The quantitative estimate of drug-likeness (QED) is 0.841. The van der Waals surface area contributed by atoms with Gasteiger partial charge < -0.3 is 9.84 Å². The molecule has 6 heteroatoms. The fourth-order valence-electron chi connectivity index (χ4n) is 1.21. The number of alkyl halides is 2. The monoisotopic (exact) mass is 217 g/mol. The van der Waals surface area contributed by atoms with Crippen molar-refractivity contribution in [2.24, 2.45) is 0 Å². The molecule has 0 saturated carbocycles. The Morgan fingerprint density at radius 1 is 1.60 bits per heavy atom. The lowest BCUT2D eigenvalue weighted by Gasteiger charge is -2.10. The van der Waals surface area contributed by atoms with Crippen molar-refractivity contribution in [1.82, 2.24) is 4.98 Å². The molecule has 1 heterocycles. The van der Waals surface area contributed by atoms with Gasteiger partial charge in [-0.05, 0) is 18.6 Å². The van der Waals surface area contributed by atoms with Gasteiger partial charge in [-0.1, -0.05) is 0 Å². The second-order valence-corrected chi connectivity index (χ2v) is 2.85. The highest BCUT2D eigenvalue weighted by Gasteiger charge is 2.21. The third-order valence-electron chi connectivity index (χ3n) is 1.81. The molecule has 0 amide bonds. The summed E-state index contributed by atoms with van der Waals surface area (Å²) in [6, 6.07) is 1.19. The molecule has 0 spiro atoms. The van der Waals surface area contributed by atoms with E-state index in [4.69, 9.17) is 9.84 Å². The van der Waals surface area contributed by atoms with Crippen LogP contribution in [0, 0.1) is 6.92 Å². The van der Waals surface area contributed by atoms with Crippen LogP contribution in [0.25, 0.3) is 0 Å². The molecule has 0 aliphatic heterocycles. The maximum atomic E-state index is 12.5. The number of aromatic nitrogens is 1. The first kappa shape index (κ1) is 11.4. The van der Waals surface area contributed by atoms with Gasteiger partial charge in [0, 0.05) is 0 Å². The first-order valence-electron chi connectivity index (χ1n) is 4.04. The number of hydrogen-bond acceptors (Lipinski definition) is 3. The van der Waals surface area contributed by atoms with Gasteiger partial charge in [0.2, 0.25) is 0 Å². The van der Waals surface area contributed by atoms with Gasteiger partial charge in [-0.2, -0.15) is 0 Å². The largest absolute Gasteiger partial charge is 0.494 e. The number of pyridine rings is 1. The van der Waals surface area contributed by atoms with Gasteiger partial charge in [-0.25, -0.2) is 18.6 Å². The molecule has 0 bridgehead atoms. The van der Waals surface area contributed by atoms with Crippen LogP contribution in [0.5, 0.6) is 5.75 Å². The highest BCUT2D eigenvalue weighted by Crippen LogP contribution is 2.30. The number of aryl methyl sites for hydroxylation is 1. The van der Waals surface area contributed by atoms with Crippen molar-refractivity contribution in [3.8, 4) is 5.75 Å². The SMILES string of the molecule is COc1c(C)cc(C(=O)O)nc1C(F)F. The smallest absolute Gasteiger partial charge is 0.354 e. The summed E-state index contributed by atoms with van der Waals surface area (Å²) in [5.74, 6) is -1.42. The summed E-state index contributed by atoms with van der Waals surface area (Å²) in [5, 5.41) is 8.63. The molecule has 0 aliphatic rings. The predicted octanol–water partition coefficient (Wildman–Crippen LogP) is 2.03. The van der Waals surface area contributed by atoms with Crippen LogP contribution in [0.2, 0.25) is 0 Å². The lowest BCUT2D eigenvalue weighted by atomic mass is 10.2. The van der Waals surface area contributed by atoms with Gasteiger partial charge in [0.15, 0.2) is 0 Å². The number of nitrogens with zero attached hydrogens (tertiary/aromatic N) is 1. The molecule has 0 radical (unpaired) electrons. The summed E-state index contributed by atoms with van der Waals surface area (Å²) in [4.78, 5) is 13.9. The second-order valence-electron chi connectivity index (χ2n) is 2.85. The van der Waals surface area contributed by atoms with Crippen molar-refractivity contribution in [3.63, 3.8) is 0 Å². The number of rotatable bonds is 3. The van der Waals surface area contributed by atoms with Crippen molar-refractivity contribution in [1.29, 1.82) is 0 Å². The first-order valence-corrected chi connectivity index (χ1v) is 4.04. The lowest BCUT2D eigenvalue weighted by Crippen LogP contribution is -2.07. The molecule has 0 aliphatic carbocycles. The number of methoxy groups -OCH3 is 1.